The lowest BCUT2D eigenvalue weighted by atomic mass is 9.98. The summed E-state index contributed by atoms with van der Waals surface area (Å²) in [6.45, 7) is 0. The van der Waals surface area contributed by atoms with Crippen LogP contribution in [0, 0.1) is 0 Å². The third-order valence-electron chi connectivity index (χ3n) is 5.66. The summed E-state index contributed by atoms with van der Waals surface area (Å²) >= 11 is 2.70. The number of hydrogen-bond donors (Lipinski definition) is 3. The Balaban J connectivity index is 1.23. The first-order valence-corrected chi connectivity index (χ1v) is 13.4. The summed E-state index contributed by atoms with van der Waals surface area (Å²) in [5, 5.41) is 18.8. The topological polar surface area (TPSA) is 108 Å². The lowest BCUT2D eigenvalue weighted by molar-refractivity contribution is -0.113. The van der Waals surface area contributed by atoms with E-state index in [0.29, 0.717) is 21.6 Å². The van der Waals surface area contributed by atoms with Gasteiger partial charge in [-0.25, -0.2) is 9.78 Å². The Morgan fingerprint density at radius 2 is 1.58 bits per heavy atom. The number of aromatic nitrogens is 1. The molecule has 0 aliphatic carbocycles. The summed E-state index contributed by atoms with van der Waals surface area (Å²) in [4.78, 5) is 42.6. The van der Waals surface area contributed by atoms with Crippen molar-refractivity contribution in [1.29, 1.82) is 0 Å². The van der Waals surface area contributed by atoms with Crippen molar-refractivity contribution in [3.63, 3.8) is 0 Å². The molecule has 0 bridgehead atoms. The number of carbonyl (C=O) groups is 3. The Labute approximate surface area is 226 Å². The first-order valence-electron chi connectivity index (χ1n) is 11.6. The Kier molecular flexibility index (Phi) is 7.48. The van der Waals surface area contributed by atoms with Gasteiger partial charge in [0.05, 0.1) is 17.0 Å². The van der Waals surface area contributed by atoms with Gasteiger partial charge in [-0.15, -0.1) is 23.1 Å². The van der Waals surface area contributed by atoms with Gasteiger partial charge < -0.3 is 15.7 Å². The molecule has 5 rings (SSSR count). The number of fused-ring (bicyclic) bond motifs is 1. The minimum atomic E-state index is -1.10. The zero-order chi connectivity index (χ0) is 26.5. The number of carbonyl (C=O) groups excluding carboxylic acids is 2. The van der Waals surface area contributed by atoms with Crippen molar-refractivity contribution in [3.05, 3.63) is 108 Å². The van der Waals surface area contributed by atoms with E-state index >= 15 is 0 Å². The van der Waals surface area contributed by atoms with Gasteiger partial charge in [0.2, 0.25) is 5.91 Å². The molecule has 38 heavy (non-hydrogen) atoms. The van der Waals surface area contributed by atoms with E-state index in [1.807, 2.05) is 41.8 Å². The van der Waals surface area contributed by atoms with Gasteiger partial charge in [-0.2, -0.15) is 0 Å². The molecular formula is C29H21N3O4S2. The third-order valence-corrected chi connectivity index (χ3v) is 7.41. The molecular weight excluding hydrogens is 518 g/mol. The summed E-state index contributed by atoms with van der Waals surface area (Å²) in [6, 6.07) is 26.9. The molecule has 188 valence electrons. The molecule has 0 spiro atoms. The van der Waals surface area contributed by atoms with Crippen molar-refractivity contribution in [2.45, 2.75) is 4.90 Å². The molecule has 0 saturated heterocycles. The van der Waals surface area contributed by atoms with E-state index in [1.54, 1.807) is 48.5 Å². The van der Waals surface area contributed by atoms with E-state index in [4.69, 9.17) is 0 Å². The number of nitrogens with zero attached hydrogens (tertiary/aromatic N) is 1. The zero-order valence-electron chi connectivity index (χ0n) is 19.9. The first kappa shape index (κ1) is 25.2. The minimum absolute atomic E-state index is 0.0692. The van der Waals surface area contributed by atoms with E-state index in [1.165, 1.54) is 29.2 Å². The molecule has 0 fully saturated rings. The predicted octanol–water partition coefficient (Wildman–Crippen LogP) is 6.64. The Bertz CT molecular complexity index is 1650. The van der Waals surface area contributed by atoms with Crippen molar-refractivity contribution in [2.75, 3.05) is 16.4 Å². The van der Waals surface area contributed by atoms with Crippen LogP contribution in [0.15, 0.2) is 101 Å². The van der Waals surface area contributed by atoms with Gasteiger partial charge in [-0.3, -0.25) is 9.59 Å². The van der Waals surface area contributed by atoms with E-state index in [0.717, 1.165) is 16.2 Å². The van der Waals surface area contributed by atoms with E-state index in [2.05, 4.69) is 15.6 Å². The SMILES string of the molecule is O=C(CSc1cccc(NC(=O)c2cccc3cccc(C(=O)O)c23)c1)Nc1nc(-c2ccccc2)cs1. The summed E-state index contributed by atoms with van der Waals surface area (Å²) in [5.74, 6) is -1.53. The second-order valence-corrected chi connectivity index (χ2v) is 10.1. The summed E-state index contributed by atoms with van der Waals surface area (Å²) < 4.78 is 0. The van der Waals surface area contributed by atoms with Crippen LogP contribution in [0.1, 0.15) is 20.7 Å². The van der Waals surface area contributed by atoms with Crippen LogP contribution in [0.3, 0.4) is 0 Å². The molecule has 0 aliphatic heterocycles. The van der Waals surface area contributed by atoms with E-state index in [-0.39, 0.29) is 22.8 Å². The zero-order valence-corrected chi connectivity index (χ0v) is 21.5. The van der Waals surface area contributed by atoms with Crippen LogP contribution in [0.4, 0.5) is 10.8 Å². The molecule has 5 aromatic rings. The number of amides is 2. The lowest BCUT2D eigenvalue weighted by Gasteiger charge is -2.11. The van der Waals surface area contributed by atoms with Crippen molar-refractivity contribution in [3.8, 4) is 11.3 Å². The van der Waals surface area contributed by atoms with E-state index < -0.39 is 11.9 Å². The number of carboxylic acid groups (broad SMARTS) is 1. The highest BCUT2D eigenvalue weighted by Crippen LogP contribution is 2.27. The van der Waals surface area contributed by atoms with Crippen LogP contribution in [-0.4, -0.2) is 33.6 Å². The van der Waals surface area contributed by atoms with Gasteiger partial charge in [-0.1, -0.05) is 60.7 Å². The molecule has 1 aromatic heterocycles. The van der Waals surface area contributed by atoms with Gasteiger partial charge >= 0.3 is 5.97 Å². The van der Waals surface area contributed by atoms with E-state index in [9.17, 15) is 19.5 Å². The number of nitrogens with one attached hydrogen (secondary N) is 2. The molecule has 1 heterocycles. The standard InChI is InChI=1S/C29H21N3O4S2/c33-25(32-29-31-24(16-38-29)18-7-2-1-3-8-18)17-37-21-12-6-11-20(15-21)30-27(34)22-13-4-9-19-10-5-14-23(26(19)22)28(35)36/h1-16H,17H2,(H,30,34)(H,35,36)(H,31,32,33). The van der Waals surface area contributed by atoms with Gasteiger partial charge in [0, 0.05) is 32.5 Å². The molecule has 9 heteroatoms. The average Bonchev–Trinajstić information content (AvgIpc) is 3.40. The van der Waals surface area contributed by atoms with Crippen LogP contribution in [0.2, 0.25) is 0 Å². The number of carboxylic acids is 1. The average molecular weight is 540 g/mol. The molecule has 7 nitrogen and oxygen atoms in total. The summed E-state index contributed by atoms with van der Waals surface area (Å²) in [5.41, 5.74) is 2.68. The highest BCUT2D eigenvalue weighted by atomic mass is 32.2. The lowest BCUT2D eigenvalue weighted by Crippen LogP contribution is -2.14. The van der Waals surface area contributed by atoms with Crippen molar-refractivity contribution in [1.82, 2.24) is 4.98 Å². The molecule has 3 N–H and O–H groups in total. The van der Waals surface area contributed by atoms with Crippen LogP contribution in [0.25, 0.3) is 22.0 Å². The number of benzene rings is 4. The molecule has 0 unspecified atom stereocenters. The maximum absolute atomic E-state index is 13.1. The smallest absolute Gasteiger partial charge is 0.336 e. The molecule has 0 atom stereocenters. The minimum Gasteiger partial charge on any atom is -0.478 e. The summed E-state index contributed by atoms with van der Waals surface area (Å²) in [6.07, 6.45) is 0. The maximum atomic E-state index is 13.1. The quantitative estimate of drug-likeness (QED) is 0.191. The molecule has 2 amide bonds. The largest absolute Gasteiger partial charge is 0.478 e. The first-order chi connectivity index (χ1) is 18.5. The highest BCUT2D eigenvalue weighted by Gasteiger charge is 2.17. The number of thiazole rings is 1. The van der Waals surface area contributed by atoms with Gasteiger partial charge in [0.1, 0.15) is 0 Å². The van der Waals surface area contributed by atoms with Crippen LogP contribution >= 0.6 is 23.1 Å². The molecule has 4 aromatic carbocycles. The Morgan fingerprint density at radius 3 is 2.34 bits per heavy atom. The fourth-order valence-corrected chi connectivity index (χ4v) is 5.44. The molecule has 0 aliphatic rings. The fourth-order valence-electron chi connectivity index (χ4n) is 3.95. The van der Waals surface area contributed by atoms with Crippen LogP contribution < -0.4 is 10.6 Å². The number of thioether (sulfide) groups is 1. The van der Waals surface area contributed by atoms with Gasteiger partial charge in [0.25, 0.3) is 5.91 Å². The van der Waals surface area contributed by atoms with Gasteiger partial charge in [-0.05, 0) is 35.7 Å². The molecule has 0 radical (unpaired) electrons. The van der Waals surface area contributed by atoms with Crippen LogP contribution in [0.5, 0.6) is 0 Å². The number of rotatable bonds is 8. The second-order valence-electron chi connectivity index (χ2n) is 8.24. The van der Waals surface area contributed by atoms with Crippen molar-refractivity contribution in [2.24, 2.45) is 0 Å². The number of aromatic carboxylic acids is 1. The highest BCUT2D eigenvalue weighted by molar-refractivity contribution is 8.00. The normalized spacial score (nSPS) is 10.7. The van der Waals surface area contributed by atoms with Crippen molar-refractivity contribution < 1.29 is 19.5 Å². The summed E-state index contributed by atoms with van der Waals surface area (Å²) in [7, 11) is 0. The number of hydrogen-bond acceptors (Lipinski definition) is 6. The Hall–Kier alpha value is -4.47. The van der Waals surface area contributed by atoms with Crippen molar-refractivity contribution >= 4 is 62.5 Å². The maximum Gasteiger partial charge on any atom is 0.336 e. The number of anilines is 2. The predicted molar refractivity (Wildman–Crippen MR) is 152 cm³/mol. The van der Waals surface area contributed by atoms with Gasteiger partial charge in [0.15, 0.2) is 5.13 Å². The fraction of sp³-hybridized carbons (Fsp3) is 0.0345. The second kappa shape index (κ2) is 11.3. The molecule has 0 saturated carbocycles. The monoisotopic (exact) mass is 539 g/mol. The third kappa shape index (κ3) is 5.74. The Morgan fingerprint density at radius 1 is 0.842 bits per heavy atom. The van der Waals surface area contributed by atoms with Crippen LogP contribution in [-0.2, 0) is 4.79 Å².